The summed E-state index contributed by atoms with van der Waals surface area (Å²) in [6, 6.07) is 0. The van der Waals surface area contributed by atoms with Crippen LogP contribution in [0.2, 0.25) is 0 Å². The fourth-order valence-corrected chi connectivity index (χ4v) is 4.33. The van der Waals surface area contributed by atoms with Crippen molar-refractivity contribution in [2.45, 2.75) is 44.0 Å². The molecule has 1 amide bonds. The standard InChI is InChI=1S/C17H23NO5/c1-2-7-22-16(20)13-12-5-6-17(23-12)10-18(15(19)14(13)17)9-11-4-3-8-21-11/h5-6,11-14H,2-4,7-10H2,1H3/t11-,12+,13+,14-,17-/m0/s1. The second-order valence-electron chi connectivity index (χ2n) is 6.92. The van der Waals surface area contributed by atoms with Crippen LogP contribution in [0.3, 0.4) is 0 Å². The summed E-state index contributed by atoms with van der Waals surface area (Å²) in [6.07, 6.45) is 6.48. The van der Waals surface area contributed by atoms with Gasteiger partial charge in [-0.1, -0.05) is 19.1 Å². The molecular formula is C17H23NO5. The average Bonchev–Trinajstić information content (AvgIpc) is 3.28. The molecule has 1 spiro atoms. The number of rotatable bonds is 5. The number of nitrogens with zero attached hydrogens (tertiary/aromatic N) is 1. The summed E-state index contributed by atoms with van der Waals surface area (Å²) in [5, 5.41) is 0. The van der Waals surface area contributed by atoms with Crippen LogP contribution in [0.1, 0.15) is 26.2 Å². The van der Waals surface area contributed by atoms with Crippen molar-refractivity contribution in [3.63, 3.8) is 0 Å². The summed E-state index contributed by atoms with van der Waals surface area (Å²) in [4.78, 5) is 27.1. The van der Waals surface area contributed by atoms with E-state index in [9.17, 15) is 9.59 Å². The summed E-state index contributed by atoms with van der Waals surface area (Å²) in [5.41, 5.74) is -0.643. The van der Waals surface area contributed by atoms with E-state index in [0.717, 1.165) is 25.9 Å². The topological polar surface area (TPSA) is 65.1 Å². The number of carbonyl (C=O) groups excluding carboxylic acids is 2. The van der Waals surface area contributed by atoms with Crippen LogP contribution in [-0.2, 0) is 23.8 Å². The Hall–Kier alpha value is -1.40. The van der Waals surface area contributed by atoms with Crippen LogP contribution in [0, 0.1) is 11.8 Å². The van der Waals surface area contributed by atoms with Crippen LogP contribution >= 0.6 is 0 Å². The van der Waals surface area contributed by atoms with E-state index >= 15 is 0 Å². The van der Waals surface area contributed by atoms with E-state index in [-0.39, 0.29) is 24.1 Å². The van der Waals surface area contributed by atoms with Gasteiger partial charge in [-0.3, -0.25) is 9.59 Å². The van der Waals surface area contributed by atoms with Gasteiger partial charge in [0.05, 0.1) is 31.3 Å². The first-order valence-electron chi connectivity index (χ1n) is 8.59. The molecule has 5 atom stereocenters. The lowest BCUT2D eigenvalue weighted by atomic mass is 9.77. The van der Waals surface area contributed by atoms with Gasteiger partial charge in [0.15, 0.2) is 0 Å². The Morgan fingerprint density at radius 1 is 1.52 bits per heavy atom. The summed E-state index contributed by atoms with van der Waals surface area (Å²) >= 11 is 0. The van der Waals surface area contributed by atoms with E-state index < -0.39 is 17.4 Å². The Bertz CT molecular complexity index is 541. The van der Waals surface area contributed by atoms with Crippen LogP contribution in [0.4, 0.5) is 0 Å². The van der Waals surface area contributed by atoms with E-state index in [4.69, 9.17) is 14.2 Å². The van der Waals surface area contributed by atoms with Gasteiger partial charge in [-0.15, -0.1) is 0 Å². The van der Waals surface area contributed by atoms with Gasteiger partial charge in [-0.05, 0) is 19.3 Å². The molecule has 0 aromatic heterocycles. The molecule has 0 aliphatic carbocycles. The molecule has 0 radical (unpaired) electrons. The zero-order valence-electron chi connectivity index (χ0n) is 13.4. The molecule has 6 heteroatoms. The van der Waals surface area contributed by atoms with Gasteiger partial charge in [0.1, 0.15) is 11.5 Å². The van der Waals surface area contributed by atoms with Crippen LogP contribution in [-0.4, -0.2) is 60.9 Å². The van der Waals surface area contributed by atoms with Crippen molar-refractivity contribution in [2.75, 3.05) is 26.3 Å². The number of fused-ring (bicyclic) bond motifs is 1. The first-order valence-corrected chi connectivity index (χ1v) is 8.59. The summed E-state index contributed by atoms with van der Waals surface area (Å²) in [5.74, 6) is -1.25. The zero-order valence-corrected chi connectivity index (χ0v) is 13.4. The van der Waals surface area contributed by atoms with Crippen molar-refractivity contribution in [1.82, 2.24) is 4.90 Å². The molecule has 2 bridgehead atoms. The molecule has 126 valence electrons. The van der Waals surface area contributed by atoms with Crippen LogP contribution in [0.15, 0.2) is 12.2 Å². The number of amides is 1. The Morgan fingerprint density at radius 2 is 2.39 bits per heavy atom. The molecule has 4 aliphatic rings. The Labute approximate surface area is 135 Å². The molecule has 3 saturated heterocycles. The van der Waals surface area contributed by atoms with E-state index in [1.807, 2.05) is 24.0 Å². The van der Waals surface area contributed by atoms with Crippen molar-refractivity contribution in [2.24, 2.45) is 11.8 Å². The molecule has 0 aromatic rings. The molecular weight excluding hydrogens is 298 g/mol. The molecule has 4 rings (SSSR count). The smallest absolute Gasteiger partial charge is 0.312 e. The van der Waals surface area contributed by atoms with Crippen molar-refractivity contribution >= 4 is 11.9 Å². The number of ether oxygens (including phenoxy) is 3. The van der Waals surface area contributed by atoms with Crippen molar-refractivity contribution in [1.29, 1.82) is 0 Å². The molecule has 0 saturated carbocycles. The first-order chi connectivity index (χ1) is 11.1. The van der Waals surface area contributed by atoms with Gasteiger partial charge < -0.3 is 19.1 Å². The molecule has 4 aliphatic heterocycles. The fourth-order valence-electron chi connectivity index (χ4n) is 4.33. The molecule has 0 N–H and O–H groups in total. The lowest BCUT2D eigenvalue weighted by molar-refractivity contribution is -0.154. The Morgan fingerprint density at radius 3 is 3.13 bits per heavy atom. The Kier molecular flexibility index (Phi) is 3.69. The van der Waals surface area contributed by atoms with Gasteiger partial charge in [0, 0.05) is 13.2 Å². The monoisotopic (exact) mass is 321 g/mol. The maximum absolute atomic E-state index is 12.9. The highest BCUT2D eigenvalue weighted by Crippen LogP contribution is 2.52. The minimum Gasteiger partial charge on any atom is -0.465 e. The molecule has 6 nitrogen and oxygen atoms in total. The normalized spacial score (nSPS) is 40.9. The fraction of sp³-hybridized carbons (Fsp3) is 0.765. The van der Waals surface area contributed by atoms with Crippen LogP contribution < -0.4 is 0 Å². The third-order valence-electron chi connectivity index (χ3n) is 5.35. The lowest BCUT2D eigenvalue weighted by Crippen LogP contribution is -2.40. The second kappa shape index (κ2) is 5.60. The highest BCUT2D eigenvalue weighted by atomic mass is 16.6. The minimum absolute atomic E-state index is 0.00537. The van der Waals surface area contributed by atoms with E-state index in [1.165, 1.54) is 0 Å². The molecule has 3 fully saturated rings. The first kappa shape index (κ1) is 15.1. The van der Waals surface area contributed by atoms with Gasteiger partial charge in [0.2, 0.25) is 5.91 Å². The molecule has 4 heterocycles. The predicted molar refractivity (Wildman–Crippen MR) is 80.5 cm³/mol. The van der Waals surface area contributed by atoms with Crippen molar-refractivity contribution < 1.29 is 23.8 Å². The Balaban J connectivity index is 1.52. The average molecular weight is 321 g/mol. The maximum atomic E-state index is 12.9. The minimum atomic E-state index is -0.643. The highest BCUT2D eigenvalue weighted by molar-refractivity contribution is 5.91. The van der Waals surface area contributed by atoms with Gasteiger partial charge >= 0.3 is 5.97 Å². The van der Waals surface area contributed by atoms with E-state index in [1.54, 1.807) is 0 Å². The third kappa shape index (κ3) is 2.31. The number of esters is 1. The lowest BCUT2D eigenvalue weighted by Gasteiger charge is -2.23. The maximum Gasteiger partial charge on any atom is 0.312 e. The number of likely N-dealkylation sites (tertiary alicyclic amines) is 1. The van der Waals surface area contributed by atoms with E-state index in [2.05, 4.69) is 0 Å². The molecule has 0 unspecified atom stereocenters. The number of carbonyl (C=O) groups is 2. The van der Waals surface area contributed by atoms with Crippen molar-refractivity contribution in [3.05, 3.63) is 12.2 Å². The SMILES string of the molecule is CCCOC(=O)[C@H]1[C@H]2C(=O)N(C[C@@H]3CCCO3)C[C@@]23C=C[C@H]1O3. The zero-order chi connectivity index (χ0) is 16.0. The van der Waals surface area contributed by atoms with E-state index in [0.29, 0.717) is 19.7 Å². The predicted octanol–water partition coefficient (Wildman–Crippen LogP) is 0.901. The molecule has 0 aromatic carbocycles. The largest absolute Gasteiger partial charge is 0.465 e. The van der Waals surface area contributed by atoms with Crippen LogP contribution in [0.25, 0.3) is 0 Å². The highest BCUT2D eigenvalue weighted by Gasteiger charge is 2.67. The number of hydrogen-bond acceptors (Lipinski definition) is 5. The summed E-state index contributed by atoms with van der Waals surface area (Å²) in [7, 11) is 0. The van der Waals surface area contributed by atoms with Crippen molar-refractivity contribution in [3.8, 4) is 0 Å². The summed E-state index contributed by atoms with van der Waals surface area (Å²) < 4.78 is 17.0. The van der Waals surface area contributed by atoms with Gasteiger partial charge in [0.25, 0.3) is 0 Å². The summed E-state index contributed by atoms with van der Waals surface area (Å²) in [6.45, 7) is 4.22. The van der Waals surface area contributed by atoms with Gasteiger partial charge in [-0.2, -0.15) is 0 Å². The molecule has 23 heavy (non-hydrogen) atoms. The quantitative estimate of drug-likeness (QED) is 0.556. The second-order valence-corrected chi connectivity index (χ2v) is 6.92. The van der Waals surface area contributed by atoms with Gasteiger partial charge in [-0.25, -0.2) is 0 Å². The van der Waals surface area contributed by atoms with Crippen LogP contribution in [0.5, 0.6) is 0 Å². The number of hydrogen-bond donors (Lipinski definition) is 0. The third-order valence-corrected chi connectivity index (χ3v) is 5.35.